The third-order valence-electron chi connectivity index (χ3n) is 2.46. The van der Waals surface area contributed by atoms with Crippen LogP contribution in [0.1, 0.15) is 25.1 Å². The lowest BCUT2D eigenvalue weighted by Gasteiger charge is -2.26. The molecule has 1 aromatic rings. The van der Waals surface area contributed by atoms with Gasteiger partial charge in [-0.3, -0.25) is 9.59 Å². The second kappa shape index (κ2) is 6.89. The van der Waals surface area contributed by atoms with Crippen LogP contribution in [0.15, 0.2) is 15.9 Å². The van der Waals surface area contributed by atoms with Gasteiger partial charge in [0.05, 0.1) is 16.6 Å². The second-order valence-electron chi connectivity index (χ2n) is 4.21. The second-order valence-corrected chi connectivity index (χ2v) is 6.75. The Morgan fingerprint density at radius 3 is 2.56 bits per heavy atom. The highest BCUT2D eigenvalue weighted by Crippen LogP contribution is 2.23. The number of aliphatic carboxylic acids is 1. The summed E-state index contributed by atoms with van der Waals surface area (Å²) in [5.74, 6) is -0.909. The number of thiophene rings is 1. The Balaban J connectivity index is 2.62. The largest absolute Gasteiger partial charge is 0.481 e. The first-order valence-corrected chi connectivity index (χ1v) is 7.26. The van der Waals surface area contributed by atoms with Crippen molar-refractivity contribution in [3.05, 3.63) is 20.8 Å². The van der Waals surface area contributed by atoms with Crippen molar-refractivity contribution in [1.29, 1.82) is 0 Å². The highest BCUT2D eigenvalue weighted by Gasteiger charge is 2.18. The number of amides is 1. The molecule has 0 saturated carbocycles. The van der Waals surface area contributed by atoms with E-state index in [1.807, 2.05) is 26.0 Å². The van der Waals surface area contributed by atoms with Crippen molar-refractivity contribution in [3.63, 3.8) is 0 Å². The minimum atomic E-state index is -0.882. The number of carboxylic acids is 1. The number of carbonyl (C=O) groups is 2. The van der Waals surface area contributed by atoms with Crippen LogP contribution in [0.2, 0.25) is 0 Å². The Hall–Kier alpha value is -0.880. The van der Waals surface area contributed by atoms with Crippen molar-refractivity contribution in [1.82, 2.24) is 4.90 Å². The number of rotatable bonds is 6. The number of hydrogen-bond acceptors (Lipinski definition) is 3. The average Bonchev–Trinajstić information content (AvgIpc) is 2.63. The Kier molecular flexibility index (Phi) is 5.81. The zero-order chi connectivity index (χ0) is 13.7. The molecule has 1 heterocycles. The van der Waals surface area contributed by atoms with Crippen molar-refractivity contribution < 1.29 is 14.7 Å². The number of nitrogens with zero attached hydrogens (tertiary/aromatic N) is 1. The quantitative estimate of drug-likeness (QED) is 0.870. The molecule has 0 fully saturated rings. The lowest BCUT2D eigenvalue weighted by atomic mass is 10.2. The van der Waals surface area contributed by atoms with Gasteiger partial charge in [0, 0.05) is 17.5 Å². The predicted octanol–water partition coefficient (Wildman–Crippen LogP) is 2.76. The molecule has 0 bridgehead atoms. The van der Waals surface area contributed by atoms with Gasteiger partial charge in [-0.2, -0.15) is 0 Å². The first-order chi connectivity index (χ1) is 8.40. The van der Waals surface area contributed by atoms with Crippen molar-refractivity contribution >= 4 is 39.1 Å². The van der Waals surface area contributed by atoms with Crippen LogP contribution in [0.25, 0.3) is 0 Å². The molecule has 1 aromatic heterocycles. The molecule has 100 valence electrons. The summed E-state index contributed by atoms with van der Waals surface area (Å²) in [5.41, 5.74) is 0. The number of hydrogen-bond donors (Lipinski definition) is 1. The summed E-state index contributed by atoms with van der Waals surface area (Å²) in [7, 11) is 0. The molecule has 0 aliphatic heterocycles. The van der Waals surface area contributed by atoms with E-state index in [9.17, 15) is 9.59 Å². The zero-order valence-corrected chi connectivity index (χ0v) is 12.8. The van der Waals surface area contributed by atoms with Gasteiger partial charge in [-0.05, 0) is 41.9 Å². The Labute approximate surface area is 119 Å². The maximum Gasteiger partial charge on any atom is 0.305 e. The van der Waals surface area contributed by atoms with E-state index in [4.69, 9.17) is 5.11 Å². The van der Waals surface area contributed by atoms with Crippen molar-refractivity contribution in [3.8, 4) is 0 Å². The molecule has 1 N–H and O–H groups in total. The molecule has 0 unspecified atom stereocenters. The molecule has 0 atom stereocenters. The van der Waals surface area contributed by atoms with Crippen LogP contribution in [0.4, 0.5) is 0 Å². The lowest BCUT2D eigenvalue weighted by Crippen LogP contribution is -2.39. The van der Waals surface area contributed by atoms with Gasteiger partial charge in [-0.15, -0.1) is 11.3 Å². The van der Waals surface area contributed by atoms with E-state index in [-0.39, 0.29) is 24.9 Å². The number of carboxylic acid groups (broad SMARTS) is 1. The van der Waals surface area contributed by atoms with Crippen LogP contribution in [0.3, 0.4) is 0 Å². The molecular formula is C12H16BrNO3S. The third-order valence-corrected chi connectivity index (χ3v) is 4.09. The maximum absolute atomic E-state index is 12.1. The Morgan fingerprint density at radius 1 is 1.44 bits per heavy atom. The van der Waals surface area contributed by atoms with Gasteiger partial charge < -0.3 is 10.0 Å². The van der Waals surface area contributed by atoms with E-state index in [1.165, 1.54) is 11.3 Å². The molecule has 0 radical (unpaired) electrons. The summed E-state index contributed by atoms with van der Waals surface area (Å²) in [6, 6.07) is 3.83. The van der Waals surface area contributed by atoms with Gasteiger partial charge in [-0.25, -0.2) is 0 Å². The van der Waals surface area contributed by atoms with Gasteiger partial charge in [0.25, 0.3) is 0 Å². The van der Waals surface area contributed by atoms with Crippen LogP contribution in [-0.4, -0.2) is 34.5 Å². The zero-order valence-electron chi connectivity index (χ0n) is 10.4. The van der Waals surface area contributed by atoms with Crippen molar-refractivity contribution in [2.75, 3.05) is 6.54 Å². The summed E-state index contributed by atoms with van der Waals surface area (Å²) in [6.45, 7) is 4.05. The van der Waals surface area contributed by atoms with Gasteiger partial charge in [0.2, 0.25) is 5.91 Å². The van der Waals surface area contributed by atoms with Crippen LogP contribution in [0.5, 0.6) is 0 Å². The molecule has 6 heteroatoms. The standard InChI is InChI=1S/C12H16BrNO3S/c1-8(2)14(6-5-12(16)17)11(15)7-9-3-4-10(13)18-9/h3-4,8H,5-7H2,1-2H3,(H,16,17). The van der Waals surface area contributed by atoms with Crippen LogP contribution < -0.4 is 0 Å². The van der Waals surface area contributed by atoms with Crippen LogP contribution >= 0.6 is 27.3 Å². The molecule has 0 aliphatic carbocycles. The minimum absolute atomic E-state index is 0.0141. The normalized spacial score (nSPS) is 10.7. The topological polar surface area (TPSA) is 57.6 Å². The highest BCUT2D eigenvalue weighted by molar-refractivity contribution is 9.11. The van der Waals surface area contributed by atoms with Gasteiger partial charge in [-0.1, -0.05) is 0 Å². The fraction of sp³-hybridized carbons (Fsp3) is 0.500. The molecule has 1 amide bonds. The van der Waals surface area contributed by atoms with Crippen molar-refractivity contribution in [2.45, 2.75) is 32.7 Å². The number of halogens is 1. The Bertz CT molecular complexity index is 431. The van der Waals surface area contributed by atoms with Gasteiger partial charge >= 0.3 is 5.97 Å². The molecule has 0 spiro atoms. The summed E-state index contributed by atoms with van der Waals surface area (Å²) in [6.07, 6.45) is 0.312. The Morgan fingerprint density at radius 2 is 2.11 bits per heavy atom. The van der Waals surface area contributed by atoms with E-state index in [0.717, 1.165) is 8.66 Å². The van der Waals surface area contributed by atoms with Crippen LogP contribution in [-0.2, 0) is 16.0 Å². The molecular weight excluding hydrogens is 318 g/mol. The summed E-state index contributed by atoms with van der Waals surface area (Å²) >= 11 is 4.88. The lowest BCUT2D eigenvalue weighted by molar-refractivity contribution is -0.138. The first kappa shape index (κ1) is 15.2. The smallest absolute Gasteiger partial charge is 0.305 e. The van der Waals surface area contributed by atoms with E-state index < -0.39 is 5.97 Å². The fourth-order valence-electron chi connectivity index (χ4n) is 1.58. The number of carbonyl (C=O) groups excluding carboxylic acids is 1. The minimum Gasteiger partial charge on any atom is -0.481 e. The van der Waals surface area contributed by atoms with Gasteiger partial charge in [0.1, 0.15) is 0 Å². The van der Waals surface area contributed by atoms with E-state index in [1.54, 1.807) is 4.90 Å². The molecule has 0 aliphatic rings. The molecule has 0 saturated heterocycles. The SMILES string of the molecule is CC(C)N(CCC(=O)O)C(=O)Cc1ccc(Br)s1. The van der Waals surface area contributed by atoms with E-state index in [0.29, 0.717) is 6.42 Å². The predicted molar refractivity (Wildman–Crippen MR) is 74.8 cm³/mol. The summed E-state index contributed by atoms with van der Waals surface area (Å²) < 4.78 is 0.993. The van der Waals surface area contributed by atoms with Crippen molar-refractivity contribution in [2.24, 2.45) is 0 Å². The highest BCUT2D eigenvalue weighted by atomic mass is 79.9. The molecule has 1 rings (SSSR count). The summed E-state index contributed by atoms with van der Waals surface area (Å²) in [4.78, 5) is 25.3. The summed E-state index contributed by atoms with van der Waals surface area (Å²) in [5, 5.41) is 8.68. The van der Waals surface area contributed by atoms with E-state index in [2.05, 4.69) is 15.9 Å². The maximum atomic E-state index is 12.1. The van der Waals surface area contributed by atoms with Gasteiger partial charge in [0.15, 0.2) is 0 Å². The average molecular weight is 334 g/mol. The third kappa shape index (κ3) is 4.78. The monoisotopic (exact) mass is 333 g/mol. The molecule has 0 aromatic carbocycles. The van der Waals surface area contributed by atoms with Crippen LogP contribution in [0, 0.1) is 0 Å². The van der Waals surface area contributed by atoms with E-state index >= 15 is 0 Å². The molecule has 4 nitrogen and oxygen atoms in total. The first-order valence-electron chi connectivity index (χ1n) is 5.65. The fourth-order valence-corrected chi connectivity index (χ4v) is 3.06. The molecule has 18 heavy (non-hydrogen) atoms.